The van der Waals surface area contributed by atoms with E-state index in [0.29, 0.717) is 6.42 Å². The zero-order valence-electron chi connectivity index (χ0n) is 10.0. The molecule has 0 bridgehead atoms. The lowest BCUT2D eigenvalue weighted by atomic mass is 10.1. The summed E-state index contributed by atoms with van der Waals surface area (Å²) in [6.07, 6.45) is 3.36. The molecule has 0 aromatic heterocycles. The van der Waals surface area contributed by atoms with Gasteiger partial charge >= 0.3 is 0 Å². The Balaban J connectivity index is 2.01. The lowest BCUT2D eigenvalue weighted by Gasteiger charge is -2.37. The molecule has 0 spiro atoms. The van der Waals surface area contributed by atoms with Crippen molar-refractivity contribution in [2.24, 2.45) is 0 Å². The highest BCUT2D eigenvalue weighted by Crippen LogP contribution is 2.36. The molecule has 3 rings (SSSR count). The Bertz CT molecular complexity index is 493. The number of ketones is 1. The fraction of sp³-hybridized carbons (Fsp3) is 0.357. The highest BCUT2D eigenvalue weighted by Gasteiger charge is 2.25. The van der Waals surface area contributed by atoms with Gasteiger partial charge in [-0.15, -0.1) is 0 Å². The molecule has 0 unspecified atom stereocenters. The molecule has 3 heteroatoms. The van der Waals surface area contributed by atoms with Gasteiger partial charge in [-0.1, -0.05) is 12.1 Å². The van der Waals surface area contributed by atoms with E-state index in [1.807, 2.05) is 6.08 Å². The first-order valence-corrected chi connectivity index (χ1v) is 6.07. The van der Waals surface area contributed by atoms with Crippen LogP contribution in [0, 0.1) is 0 Å². The molecule has 0 saturated heterocycles. The van der Waals surface area contributed by atoms with Gasteiger partial charge in [-0.2, -0.15) is 0 Å². The average Bonchev–Trinajstić information content (AvgIpc) is 2.77. The summed E-state index contributed by atoms with van der Waals surface area (Å²) in [5.41, 5.74) is 3.65. The number of para-hydroxylation sites is 2. The summed E-state index contributed by atoms with van der Waals surface area (Å²) in [5, 5.41) is 0. The van der Waals surface area contributed by atoms with Gasteiger partial charge in [0.1, 0.15) is 0 Å². The minimum absolute atomic E-state index is 0.261. The van der Waals surface area contributed by atoms with Crippen molar-refractivity contribution >= 4 is 17.2 Å². The Hall–Kier alpha value is -1.77. The maximum absolute atomic E-state index is 11.4. The zero-order valence-corrected chi connectivity index (χ0v) is 10.0. The summed E-state index contributed by atoms with van der Waals surface area (Å²) in [6, 6.07) is 8.39. The van der Waals surface area contributed by atoms with Crippen LogP contribution in [0.25, 0.3) is 0 Å². The van der Waals surface area contributed by atoms with Crippen LogP contribution in [-0.4, -0.2) is 25.9 Å². The van der Waals surface area contributed by atoms with Gasteiger partial charge in [0.25, 0.3) is 0 Å². The molecule has 0 N–H and O–H groups in total. The number of fused-ring (bicyclic) bond motifs is 1. The standard InChI is InChI=1S/C14H16N2O/c1-15-8-9-16(11-6-7-12(17)10-11)14-5-3-2-4-13(14)15/h2-5,10H,6-9H2,1H3. The first kappa shape index (κ1) is 10.4. The van der Waals surface area contributed by atoms with Crippen molar-refractivity contribution in [1.29, 1.82) is 0 Å². The van der Waals surface area contributed by atoms with Gasteiger partial charge in [0.15, 0.2) is 5.78 Å². The number of allylic oxidation sites excluding steroid dienone is 2. The third-order valence-electron chi connectivity index (χ3n) is 3.54. The number of carbonyl (C=O) groups is 1. The molecule has 1 heterocycles. The van der Waals surface area contributed by atoms with Crippen molar-refractivity contribution in [2.75, 3.05) is 29.9 Å². The predicted molar refractivity (Wildman–Crippen MR) is 69.4 cm³/mol. The van der Waals surface area contributed by atoms with Gasteiger partial charge in [0.2, 0.25) is 0 Å². The first-order chi connectivity index (χ1) is 8.25. The average molecular weight is 228 g/mol. The first-order valence-electron chi connectivity index (χ1n) is 6.07. The molecule has 2 aliphatic rings. The number of hydrogen-bond acceptors (Lipinski definition) is 3. The highest BCUT2D eigenvalue weighted by atomic mass is 16.1. The number of carbonyl (C=O) groups excluding carboxylic acids is 1. The Morgan fingerprint density at radius 1 is 1.06 bits per heavy atom. The van der Waals surface area contributed by atoms with E-state index in [9.17, 15) is 4.79 Å². The Morgan fingerprint density at radius 3 is 2.53 bits per heavy atom. The van der Waals surface area contributed by atoms with E-state index < -0.39 is 0 Å². The summed E-state index contributed by atoms with van der Waals surface area (Å²) >= 11 is 0. The fourth-order valence-corrected chi connectivity index (χ4v) is 2.60. The number of anilines is 2. The molecule has 1 aliphatic heterocycles. The van der Waals surface area contributed by atoms with Crippen LogP contribution < -0.4 is 9.80 Å². The second kappa shape index (κ2) is 3.91. The molecular weight excluding hydrogens is 212 g/mol. The van der Waals surface area contributed by atoms with E-state index in [-0.39, 0.29) is 5.78 Å². The molecule has 0 fully saturated rings. The van der Waals surface area contributed by atoms with Crippen LogP contribution in [0.15, 0.2) is 36.0 Å². The SMILES string of the molecule is CN1CCN(C2=CC(=O)CC2)c2ccccc21. The van der Waals surface area contributed by atoms with Gasteiger partial charge < -0.3 is 9.80 Å². The van der Waals surface area contributed by atoms with Crippen LogP contribution in [-0.2, 0) is 4.79 Å². The maximum atomic E-state index is 11.4. The van der Waals surface area contributed by atoms with Gasteiger partial charge in [-0.3, -0.25) is 4.79 Å². The van der Waals surface area contributed by atoms with Crippen molar-refractivity contribution < 1.29 is 4.79 Å². The largest absolute Gasteiger partial charge is 0.371 e. The van der Waals surface area contributed by atoms with Crippen molar-refractivity contribution in [3.63, 3.8) is 0 Å². The van der Waals surface area contributed by atoms with Crippen molar-refractivity contribution in [1.82, 2.24) is 0 Å². The van der Waals surface area contributed by atoms with E-state index in [0.717, 1.165) is 19.5 Å². The normalized spacial score (nSPS) is 19.4. The fourth-order valence-electron chi connectivity index (χ4n) is 2.60. The molecular formula is C14H16N2O. The van der Waals surface area contributed by atoms with Gasteiger partial charge in [0.05, 0.1) is 11.4 Å². The lowest BCUT2D eigenvalue weighted by Crippen LogP contribution is -2.38. The van der Waals surface area contributed by atoms with Crippen molar-refractivity contribution in [3.05, 3.63) is 36.0 Å². The van der Waals surface area contributed by atoms with Crippen molar-refractivity contribution in [3.8, 4) is 0 Å². The number of likely N-dealkylation sites (N-methyl/N-ethyl adjacent to an activating group) is 1. The zero-order chi connectivity index (χ0) is 11.8. The van der Waals surface area contributed by atoms with Gasteiger partial charge in [-0.25, -0.2) is 0 Å². The number of rotatable bonds is 1. The second-order valence-electron chi connectivity index (χ2n) is 4.66. The van der Waals surface area contributed by atoms with E-state index in [1.165, 1.54) is 17.1 Å². The Morgan fingerprint density at radius 2 is 1.82 bits per heavy atom. The quantitative estimate of drug-likeness (QED) is 0.736. The van der Waals surface area contributed by atoms with Crippen molar-refractivity contribution in [2.45, 2.75) is 12.8 Å². The topological polar surface area (TPSA) is 23.6 Å². The maximum Gasteiger partial charge on any atom is 0.157 e. The van der Waals surface area contributed by atoms with Crippen LogP contribution >= 0.6 is 0 Å². The molecule has 88 valence electrons. The van der Waals surface area contributed by atoms with E-state index >= 15 is 0 Å². The predicted octanol–water partition coefficient (Wildman–Crippen LogP) is 2.19. The lowest BCUT2D eigenvalue weighted by molar-refractivity contribution is -0.114. The second-order valence-corrected chi connectivity index (χ2v) is 4.66. The van der Waals surface area contributed by atoms with E-state index in [4.69, 9.17) is 0 Å². The molecule has 0 amide bonds. The Kier molecular flexibility index (Phi) is 2.39. The number of hydrogen-bond donors (Lipinski definition) is 0. The van der Waals surface area contributed by atoms with Gasteiger partial charge in [-0.05, 0) is 18.6 Å². The summed E-state index contributed by atoms with van der Waals surface area (Å²) in [5.74, 6) is 0.261. The minimum Gasteiger partial charge on any atom is -0.371 e. The smallest absolute Gasteiger partial charge is 0.157 e. The minimum atomic E-state index is 0.261. The summed E-state index contributed by atoms with van der Waals surface area (Å²) < 4.78 is 0. The third kappa shape index (κ3) is 1.71. The molecule has 17 heavy (non-hydrogen) atoms. The molecule has 0 radical (unpaired) electrons. The number of nitrogens with zero attached hydrogens (tertiary/aromatic N) is 2. The van der Waals surface area contributed by atoms with E-state index in [1.54, 1.807) is 0 Å². The molecule has 0 saturated carbocycles. The Labute approximate surface area is 101 Å². The monoisotopic (exact) mass is 228 g/mol. The highest BCUT2D eigenvalue weighted by molar-refractivity contribution is 5.94. The molecule has 1 aromatic carbocycles. The van der Waals surface area contributed by atoms with E-state index in [2.05, 4.69) is 41.1 Å². The summed E-state index contributed by atoms with van der Waals surface area (Å²) in [6.45, 7) is 1.97. The van der Waals surface area contributed by atoms with Crippen LogP contribution in [0.3, 0.4) is 0 Å². The van der Waals surface area contributed by atoms with Crippen LogP contribution in [0.1, 0.15) is 12.8 Å². The van der Waals surface area contributed by atoms with Crippen LogP contribution in [0.2, 0.25) is 0 Å². The van der Waals surface area contributed by atoms with Crippen LogP contribution in [0.4, 0.5) is 11.4 Å². The summed E-state index contributed by atoms with van der Waals surface area (Å²) in [7, 11) is 2.12. The number of benzene rings is 1. The third-order valence-corrected chi connectivity index (χ3v) is 3.54. The molecule has 1 aliphatic carbocycles. The molecule has 1 aromatic rings. The van der Waals surface area contributed by atoms with Gasteiger partial charge in [0, 0.05) is 38.3 Å². The van der Waals surface area contributed by atoms with Crippen LogP contribution in [0.5, 0.6) is 0 Å². The molecule has 3 nitrogen and oxygen atoms in total. The summed E-state index contributed by atoms with van der Waals surface area (Å²) in [4.78, 5) is 15.9. The molecule has 0 atom stereocenters.